The number of carbonyl (C=O) groups is 1. The lowest BCUT2D eigenvalue weighted by atomic mass is 10.0. The lowest BCUT2D eigenvalue weighted by Gasteiger charge is -2.30. The Hall–Kier alpha value is -3.23. The van der Waals surface area contributed by atoms with E-state index < -0.39 is 33.7 Å². The number of benzene rings is 1. The summed E-state index contributed by atoms with van der Waals surface area (Å²) >= 11 is 0. The molecular weight excluding hydrogens is 422 g/mol. The maximum atomic E-state index is 13.0. The van der Waals surface area contributed by atoms with Crippen LogP contribution >= 0.6 is 0 Å². The van der Waals surface area contributed by atoms with Gasteiger partial charge in [0.05, 0.1) is 4.90 Å². The minimum absolute atomic E-state index is 0.134. The summed E-state index contributed by atoms with van der Waals surface area (Å²) in [4.78, 5) is 39.6. The molecule has 1 aromatic heterocycles. The highest BCUT2D eigenvalue weighted by Crippen LogP contribution is 2.30. The minimum atomic E-state index is -3.61. The number of rotatable bonds is 5. The summed E-state index contributed by atoms with van der Waals surface area (Å²) in [5.74, 6) is -0.485. The molecule has 10 nitrogen and oxygen atoms in total. The summed E-state index contributed by atoms with van der Waals surface area (Å²) in [6, 6.07) is 6.32. The van der Waals surface area contributed by atoms with Crippen molar-refractivity contribution >= 4 is 21.6 Å². The Morgan fingerprint density at radius 1 is 1.26 bits per heavy atom. The van der Waals surface area contributed by atoms with E-state index in [0.717, 1.165) is 8.87 Å². The first-order valence-electron chi connectivity index (χ1n) is 9.72. The van der Waals surface area contributed by atoms with E-state index in [1.165, 1.54) is 35.8 Å². The van der Waals surface area contributed by atoms with Crippen LogP contribution in [0.3, 0.4) is 0 Å². The van der Waals surface area contributed by atoms with Crippen LogP contribution in [0, 0.1) is 11.3 Å². The molecule has 1 aliphatic rings. The molecule has 0 spiro atoms. The molecule has 0 bridgehead atoms. The predicted octanol–water partition coefficient (Wildman–Crippen LogP) is 0.131. The van der Waals surface area contributed by atoms with Crippen LogP contribution in [0.2, 0.25) is 0 Å². The van der Waals surface area contributed by atoms with Gasteiger partial charge < -0.3 is 4.90 Å². The summed E-state index contributed by atoms with van der Waals surface area (Å²) in [5, 5.41) is 9.17. The van der Waals surface area contributed by atoms with Gasteiger partial charge in [-0.05, 0) is 43.5 Å². The fraction of sp³-hybridized carbons (Fsp3) is 0.400. The SMILES string of the molecule is CCn1cc(C#N)c(=O)n(CC(=O)N2CCCc3cc(S(=O)(=O)N(C)C)ccc32)c1=O. The lowest BCUT2D eigenvalue weighted by molar-refractivity contribution is -0.119. The molecule has 0 saturated heterocycles. The van der Waals surface area contributed by atoms with Crippen molar-refractivity contribution in [3.8, 4) is 6.07 Å². The van der Waals surface area contributed by atoms with Gasteiger partial charge in [-0.2, -0.15) is 5.26 Å². The number of nitrogens with zero attached hydrogens (tertiary/aromatic N) is 5. The monoisotopic (exact) mass is 445 g/mol. The molecule has 0 unspecified atom stereocenters. The molecule has 0 atom stereocenters. The van der Waals surface area contributed by atoms with Gasteiger partial charge in [-0.25, -0.2) is 22.1 Å². The van der Waals surface area contributed by atoms with E-state index >= 15 is 0 Å². The third-order valence-electron chi connectivity index (χ3n) is 5.24. The summed E-state index contributed by atoms with van der Waals surface area (Å²) in [5.41, 5.74) is -0.438. The topological polar surface area (TPSA) is 125 Å². The molecular formula is C20H23N5O5S. The van der Waals surface area contributed by atoms with Gasteiger partial charge in [-0.15, -0.1) is 0 Å². The van der Waals surface area contributed by atoms with Crippen molar-refractivity contribution in [3.05, 3.63) is 56.4 Å². The number of anilines is 1. The second-order valence-electron chi connectivity index (χ2n) is 7.34. The summed E-state index contributed by atoms with van der Waals surface area (Å²) < 4.78 is 27.9. The molecule has 2 aromatic rings. The van der Waals surface area contributed by atoms with Crippen molar-refractivity contribution in [2.45, 2.75) is 37.8 Å². The number of carbonyl (C=O) groups excluding carboxylic acids is 1. The Bertz CT molecular complexity index is 1300. The predicted molar refractivity (Wildman–Crippen MR) is 113 cm³/mol. The highest BCUT2D eigenvalue weighted by atomic mass is 32.2. The normalized spacial score (nSPS) is 13.7. The van der Waals surface area contributed by atoms with E-state index in [4.69, 9.17) is 0 Å². The first kappa shape index (κ1) is 22.5. The van der Waals surface area contributed by atoms with Gasteiger partial charge in [0, 0.05) is 39.1 Å². The fourth-order valence-corrected chi connectivity index (χ4v) is 4.47. The number of hydrogen-bond donors (Lipinski definition) is 0. The third kappa shape index (κ3) is 4.04. The van der Waals surface area contributed by atoms with Crippen LogP contribution in [0.4, 0.5) is 5.69 Å². The van der Waals surface area contributed by atoms with Gasteiger partial charge in [0.15, 0.2) is 0 Å². The molecule has 11 heteroatoms. The standard InChI is InChI=1S/C20H23N5O5S/c1-4-23-12-15(11-21)19(27)25(20(23)28)13-18(26)24-9-5-6-14-10-16(7-8-17(14)24)31(29,30)22(2)3/h7-8,10,12H,4-6,9,13H2,1-3H3. The van der Waals surface area contributed by atoms with E-state index in [2.05, 4.69) is 0 Å². The van der Waals surface area contributed by atoms with Gasteiger partial charge in [0.25, 0.3) is 5.56 Å². The van der Waals surface area contributed by atoms with Gasteiger partial charge >= 0.3 is 5.69 Å². The molecule has 0 fully saturated rings. The van der Waals surface area contributed by atoms with Crippen LogP contribution in [0.5, 0.6) is 0 Å². The Morgan fingerprint density at radius 2 is 1.97 bits per heavy atom. The average Bonchev–Trinajstić information content (AvgIpc) is 2.75. The molecule has 3 rings (SSSR count). The fourth-order valence-electron chi connectivity index (χ4n) is 3.52. The largest absolute Gasteiger partial charge is 0.331 e. The molecule has 0 radical (unpaired) electrons. The number of sulfonamides is 1. The highest BCUT2D eigenvalue weighted by Gasteiger charge is 2.26. The number of amides is 1. The second kappa shape index (κ2) is 8.49. The Kier molecular flexibility index (Phi) is 6.15. The van der Waals surface area contributed by atoms with Crippen molar-refractivity contribution in [2.75, 3.05) is 25.5 Å². The van der Waals surface area contributed by atoms with Crippen molar-refractivity contribution in [1.29, 1.82) is 5.26 Å². The molecule has 1 amide bonds. The molecule has 1 aliphatic heterocycles. The van der Waals surface area contributed by atoms with Crippen LogP contribution in [-0.4, -0.2) is 48.4 Å². The lowest BCUT2D eigenvalue weighted by Crippen LogP contribution is -2.46. The van der Waals surface area contributed by atoms with E-state index in [1.807, 2.05) is 0 Å². The molecule has 164 valence electrons. The van der Waals surface area contributed by atoms with Crippen molar-refractivity contribution in [1.82, 2.24) is 13.4 Å². The maximum absolute atomic E-state index is 13.0. The third-order valence-corrected chi connectivity index (χ3v) is 7.05. The smallest absolute Gasteiger partial charge is 0.311 e. The first-order valence-corrected chi connectivity index (χ1v) is 11.2. The maximum Gasteiger partial charge on any atom is 0.331 e. The van der Waals surface area contributed by atoms with Crippen molar-refractivity contribution in [2.24, 2.45) is 0 Å². The number of aromatic nitrogens is 2. The zero-order valence-electron chi connectivity index (χ0n) is 17.5. The van der Waals surface area contributed by atoms with E-state index in [1.54, 1.807) is 25.1 Å². The number of aryl methyl sites for hydroxylation is 2. The Balaban J connectivity index is 1.99. The van der Waals surface area contributed by atoms with Crippen LogP contribution in [0.1, 0.15) is 24.5 Å². The molecule has 0 aliphatic carbocycles. The van der Waals surface area contributed by atoms with Crippen LogP contribution in [0.15, 0.2) is 38.9 Å². The molecule has 31 heavy (non-hydrogen) atoms. The van der Waals surface area contributed by atoms with E-state index in [-0.39, 0.29) is 17.0 Å². The van der Waals surface area contributed by atoms with Gasteiger partial charge in [-0.1, -0.05) is 0 Å². The number of nitriles is 1. The van der Waals surface area contributed by atoms with Gasteiger partial charge in [0.1, 0.15) is 18.2 Å². The molecule has 2 heterocycles. The zero-order valence-corrected chi connectivity index (χ0v) is 18.3. The summed E-state index contributed by atoms with van der Waals surface area (Å²) in [6.07, 6.45) is 2.40. The zero-order chi connectivity index (χ0) is 22.9. The number of hydrogen-bond acceptors (Lipinski definition) is 6. The second-order valence-corrected chi connectivity index (χ2v) is 9.49. The van der Waals surface area contributed by atoms with E-state index in [0.29, 0.717) is 30.6 Å². The van der Waals surface area contributed by atoms with Crippen LogP contribution in [0.25, 0.3) is 0 Å². The average molecular weight is 446 g/mol. The van der Waals surface area contributed by atoms with E-state index in [9.17, 15) is 28.1 Å². The van der Waals surface area contributed by atoms with Crippen molar-refractivity contribution in [3.63, 3.8) is 0 Å². The first-order chi connectivity index (χ1) is 14.6. The molecule has 0 N–H and O–H groups in total. The summed E-state index contributed by atoms with van der Waals surface area (Å²) in [6.45, 7) is 1.81. The van der Waals surface area contributed by atoms with Gasteiger partial charge in [0.2, 0.25) is 15.9 Å². The molecule has 0 saturated carbocycles. The Morgan fingerprint density at radius 3 is 2.58 bits per heavy atom. The van der Waals surface area contributed by atoms with Crippen LogP contribution < -0.4 is 16.1 Å². The highest BCUT2D eigenvalue weighted by molar-refractivity contribution is 7.89. The molecule has 1 aromatic carbocycles. The number of fused-ring (bicyclic) bond motifs is 1. The summed E-state index contributed by atoms with van der Waals surface area (Å²) in [7, 11) is -0.723. The van der Waals surface area contributed by atoms with Gasteiger partial charge in [-0.3, -0.25) is 14.2 Å². The van der Waals surface area contributed by atoms with Crippen molar-refractivity contribution < 1.29 is 13.2 Å². The Labute approximate surface area is 179 Å². The van der Waals surface area contributed by atoms with Crippen LogP contribution in [-0.2, 0) is 34.3 Å². The minimum Gasteiger partial charge on any atom is -0.311 e. The quantitative estimate of drug-likeness (QED) is 0.644.